The second-order valence-electron chi connectivity index (χ2n) is 8.95. The molecule has 1 aromatic heterocycles. The first-order chi connectivity index (χ1) is 14.2. The van der Waals surface area contributed by atoms with Gasteiger partial charge >= 0.3 is 6.09 Å². The zero-order valence-electron chi connectivity index (χ0n) is 17.6. The van der Waals surface area contributed by atoms with Gasteiger partial charge in [0, 0.05) is 41.9 Å². The summed E-state index contributed by atoms with van der Waals surface area (Å²) in [4.78, 5) is 21.5. The van der Waals surface area contributed by atoms with Crippen LogP contribution in [-0.2, 0) is 17.6 Å². The number of carbonyl (C=O) groups excluding carboxylic acids is 1. The highest BCUT2D eigenvalue weighted by atomic mass is 79.9. The van der Waals surface area contributed by atoms with Crippen molar-refractivity contribution in [3.05, 3.63) is 62.3 Å². The van der Waals surface area contributed by atoms with Crippen LogP contribution in [0.5, 0.6) is 0 Å². The summed E-state index contributed by atoms with van der Waals surface area (Å²) in [6, 6.07) is 8.43. The molecule has 0 spiro atoms. The molecule has 1 amide bonds. The Kier molecular flexibility index (Phi) is 6.11. The number of fused-ring (bicyclic) bond motifs is 2. The smallest absolute Gasteiger partial charge is 0.410 e. The average molecular weight is 493 g/mol. The third kappa shape index (κ3) is 4.66. The molecule has 0 radical (unpaired) electrons. The van der Waals surface area contributed by atoms with Crippen LogP contribution in [0.25, 0.3) is 0 Å². The molecule has 2 aliphatic rings. The molecule has 1 aliphatic heterocycles. The first-order valence-corrected chi connectivity index (χ1v) is 11.5. The van der Waals surface area contributed by atoms with Crippen LogP contribution < -0.4 is 0 Å². The van der Waals surface area contributed by atoms with Crippen molar-refractivity contribution < 1.29 is 9.53 Å². The van der Waals surface area contributed by atoms with Crippen LogP contribution in [0.4, 0.5) is 4.79 Å². The molecule has 1 unspecified atom stereocenters. The highest BCUT2D eigenvalue weighted by Crippen LogP contribution is 2.38. The van der Waals surface area contributed by atoms with Crippen LogP contribution in [0.15, 0.2) is 34.9 Å². The van der Waals surface area contributed by atoms with Crippen LogP contribution in [0.1, 0.15) is 49.2 Å². The van der Waals surface area contributed by atoms with Crippen LogP contribution >= 0.6 is 27.5 Å². The lowest BCUT2D eigenvalue weighted by atomic mass is 9.96. The highest BCUT2D eigenvalue weighted by Gasteiger charge is 2.34. The summed E-state index contributed by atoms with van der Waals surface area (Å²) in [7, 11) is 0. The standard InChI is InChI=1S/C23H27BrClN3O2/c1-23(2,3)30-22(29)28-10-8-27(9-11-28)21-19-7-6-18(25)13-15(19)4-5-16-12-17(24)14-26-20(16)21/h6-7,12-14,21H,4-5,8-11H2,1-3H3. The fourth-order valence-electron chi connectivity index (χ4n) is 4.27. The fourth-order valence-corrected chi connectivity index (χ4v) is 4.84. The van der Waals surface area contributed by atoms with Gasteiger partial charge in [-0.15, -0.1) is 0 Å². The van der Waals surface area contributed by atoms with E-state index in [9.17, 15) is 4.79 Å². The van der Waals surface area contributed by atoms with Gasteiger partial charge in [-0.2, -0.15) is 0 Å². The number of ether oxygens (including phenoxy) is 1. The van der Waals surface area contributed by atoms with Gasteiger partial charge in [-0.3, -0.25) is 9.88 Å². The van der Waals surface area contributed by atoms with E-state index in [4.69, 9.17) is 21.3 Å². The highest BCUT2D eigenvalue weighted by molar-refractivity contribution is 9.10. The van der Waals surface area contributed by atoms with E-state index in [-0.39, 0.29) is 12.1 Å². The van der Waals surface area contributed by atoms with E-state index in [0.29, 0.717) is 13.1 Å². The third-order valence-corrected chi connectivity index (χ3v) is 6.29. The van der Waals surface area contributed by atoms with E-state index >= 15 is 0 Å². The van der Waals surface area contributed by atoms with Crippen LogP contribution in [0.3, 0.4) is 0 Å². The minimum Gasteiger partial charge on any atom is -0.444 e. The normalized spacial score (nSPS) is 19.6. The van der Waals surface area contributed by atoms with Gasteiger partial charge in [0.1, 0.15) is 5.60 Å². The van der Waals surface area contributed by atoms with E-state index in [1.807, 2.05) is 33.0 Å². The van der Waals surface area contributed by atoms with Gasteiger partial charge in [-0.25, -0.2) is 4.79 Å². The van der Waals surface area contributed by atoms with E-state index in [1.165, 1.54) is 16.7 Å². The molecule has 2 aromatic rings. The molecule has 4 rings (SSSR count). The zero-order chi connectivity index (χ0) is 21.5. The zero-order valence-corrected chi connectivity index (χ0v) is 20.0. The van der Waals surface area contributed by atoms with Gasteiger partial charge in [0.25, 0.3) is 0 Å². The maximum atomic E-state index is 12.5. The van der Waals surface area contributed by atoms with E-state index < -0.39 is 5.60 Å². The molecule has 2 heterocycles. The number of hydrogen-bond acceptors (Lipinski definition) is 4. The number of halogens is 2. The van der Waals surface area contributed by atoms with E-state index in [1.54, 1.807) is 4.90 Å². The van der Waals surface area contributed by atoms with Gasteiger partial charge in [0.05, 0.1) is 11.7 Å². The Balaban J connectivity index is 1.62. The quantitative estimate of drug-likeness (QED) is 0.546. The predicted octanol–water partition coefficient (Wildman–Crippen LogP) is 5.24. The Morgan fingerprint density at radius 2 is 1.83 bits per heavy atom. The van der Waals surface area contributed by atoms with E-state index in [0.717, 1.165) is 41.1 Å². The number of pyridine rings is 1. The van der Waals surface area contributed by atoms with Crippen molar-refractivity contribution in [2.75, 3.05) is 26.2 Å². The van der Waals surface area contributed by atoms with Crippen molar-refractivity contribution in [2.24, 2.45) is 0 Å². The Labute approximate surface area is 191 Å². The van der Waals surface area contributed by atoms with Crippen LogP contribution in [0.2, 0.25) is 5.02 Å². The van der Waals surface area contributed by atoms with Crippen molar-refractivity contribution in [3.8, 4) is 0 Å². The lowest BCUT2D eigenvalue weighted by Gasteiger charge is -2.40. The summed E-state index contributed by atoms with van der Waals surface area (Å²) in [6.07, 6.45) is 3.51. The molecule has 1 atom stereocenters. The van der Waals surface area contributed by atoms with Gasteiger partial charge < -0.3 is 9.64 Å². The minimum absolute atomic E-state index is 0.0589. The molecule has 1 saturated heterocycles. The van der Waals surface area contributed by atoms with Crippen molar-refractivity contribution in [3.63, 3.8) is 0 Å². The number of piperazine rings is 1. The monoisotopic (exact) mass is 491 g/mol. The maximum Gasteiger partial charge on any atom is 0.410 e. The molecule has 160 valence electrons. The molecule has 1 fully saturated rings. The maximum absolute atomic E-state index is 12.5. The summed E-state index contributed by atoms with van der Waals surface area (Å²) in [6.45, 7) is 8.51. The van der Waals surface area contributed by atoms with Gasteiger partial charge in [0.15, 0.2) is 0 Å². The predicted molar refractivity (Wildman–Crippen MR) is 122 cm³/mol. The third-order valence-electron chi connectivity index (χ3n) is 5.62. The number of carbonyl (C=O) groups is 1. The number of aromatic nitrogens is 1. The number of nitrogens with zero attached hydrogens (tertiary/aromatic N) is 3. The minimum atomic E-state index is -0.482. The molecule has 1 aliphatic carbocycles. The van der Waals surface area contributed by atoms with Gasteiger partial charge in [-0.1, -0.05) is 17.7 Å². The largest absolute Gasteiger partial charge is 0.444 e. The van der Waals surface area contributed by atoms with Crippen molar-refractivity contribution in [2.45, 2.75) is 45.3 Å². The van der Waals surface area contributed by atoms with E-state index in [2.05, 4.69) is 39.0 Å². The Morgan fingerprint density at radius 1 is 1.13 bits per heavy atom. The summed E-state index contributed by atoms with van der Waals surface area (Å²) in [5, 5.41) is 0.766. The number of rotatable bonds is 1. The topological polar surface area (TPSA) is 45.7 Å². The van der Waals surface area contributed by atoms with Gasteiger partial charge in [-0.05, 0) is 84.4 Å². The Bertz CT molecular complexity index is 898. The lowest BCUT2D eigenvalue weighted by Crippen LogP contribution is -2.51. The average Bonchev–Trinajstić information content (AvgIpc) is 2.83. The molecule has 0 saturated carbocycles. The first kappa shape index (κ1) is 21.6. The van der Waals surface area contributed by atoms with Crippen molar-refractivity contribution in [1.29, 1.82) is 0 Å². The molecule has 0 bridgehead atoms. The number of amides is 1. The Morgan fingerprint density at radius 3 is 2.53 bits per heavy atom. The van der Waals surface area contributed by atoms with Crippen molar-refractivity contribution in [1.82, 2.24) is 14.8 Å². The van der Waals surface area contributed by atoms with Crippen LogP contribution in [0, 0.1) is 0 Å². The molecular formula is C23H27BrClN3O2. The van der Waals surface area contributed by atoms with Crippen molar-refractivity contribution >= 4 is 33.6 Å². The number of aryl methyl sites for hydroxylation is 2. The molecule has 1 aromatic carbocycles. The molecule has 5 nitrogen and oxygen atoms in total. The number of benzene rings is 1. The molecule has 7 heteroatoms. The molecular weight excluding hydrogens is 466 g/mol. The first-order valence-electron chi connectivity index (χ1n) is 10.4. The van der Waals surface area contributed by atoms with Gasteiger partial charge in [0.2, 0.25) is 0 Å². The summed E-state index contributed by atoms with van der Waals surface area (Å²) >= 11 is 9.88. The molecule has 30 heavy (non-hydrogen) atoms. The van der Waals surface area contributed by atoms with Crippen LogP contribution in [-0.4, -0.2) is 52.7 Å². The summed E-state index contributed by atoms with van der Waals surface area (Å²) in [5.74, 6) is 0. The Hall–Kier alpha value is -1.63. The molecule has 0 N–H and O–H groups in total. The summed E-state index contributed by atoms with van der Waals surface area (Å²) in [5.41, 5.74) is 4.42. The second-order valence-corrected chi connectivity index (χ2v) is 10.3. The lowest BCUT2D eigenvalue weighted by molar-refractivity contribution is 0.0118. The number of hydrogen-bond donors (Lipinski definition) is 0. The summed E-state index contributed by atoms with van der Waals surface area (Å²) < 4.78 is 6.55. The SMILES string of the molecule is CC(C)(C)OC(=O)N1CCN(C2c3ccc(Cl)cc3CCc3cc(Br)cnc32)CC1. The second kappa shape index (κ2) is 8.48. The fraction of sp³-hybridized carbons (Fsp3) is 0.478.